The van der Waals surface area contributed by atoms with Gasteiger partial charge in [-0.2, -0.15) is 0 Å². The quantitative estimate of drug-likeness (QED) is 0.664. The van der Waals surface area contributed by atoms with Gasteiger partial charge in [0.2, 0.25) is 0 Å². The number of carboxylic acids is 1. The fraction of sp³-hybridized carbons (Fsp3) is 0. The molecule has 0 spiro atoms. The summed E-state index contributed by atoms with van der Waals surface area (Å²) < 4.78 is 6.08. The first-order valence-corrected chi connectivity index (χ1v) is 7.44. The van der Waals surface area contributed by atoms with Crippen molar-refractivity contribution in [2.24, 2.45) is 0 Å². The van der Waals surface area contributed by atoms with E-state index in [1.807, 2.05) is 0 Å². The Bertz CT molecular complexity index is 805. The minimum absolute atomic E-state index is 0.213. The molecule has 0 unspecified atom stereocenters. The van der Waals surface area contributed by atoms with E-state index >= 15 is 0 Å². The highest BCUT2D eigenvalue weighted by molar-refractivity contribution is 8.26. The molecule has 2 aromatic rings. The zero-order chi connectivity index (χ0) is 15.7. The van der Waals surface area contributed by atoms with E-state index in [2.05, 4.69) is 5.32 Å². The summed E-state index contributed by atoms with van der Waals surface area (Å²) in [6.07, 6.45) is 1.62. The lowest BCUT2D eigenvalue weighted by molar-refractivity contribution is -0.115. The fourth-order valence-corrected chi connectivity index (χ4v) is 2.94. The van der Waals surface area contributed by atoms with Crippen molar-refractivity contribution >= 4 is 46.3 Å². The van der Waals surface area contributed by atoms with Gasteiger partial charge in [-0.05, 0) is 24.3 Å². The number of furan rings is 1. The largest absolute Gasteiger partial charge is 0.478 e. The molecule has 0 bridgehead atoms. The maximum atomic E-state index is 11.6. The summed E-state index contributed by atoms with van der Waals surface area (Å²) in [5, 5.41) is 11.4. The summed E-state index contributed by atoms with van der Waals surface area (Å²) in [6, 6.07) is 9.87. The Morgan fingerprint density at radius 1 is 1.23 bits per heavy atom. The summed E-state index contributed by atoms with van der Waals surface area (Å²) in [5.41, 5.74) is 0.971. The van der Waals surface area contributed by atoms with E-state index in [9.17, 15) is 9.59 Å². The first-order chi connectivity index (χ1) is 10.5. The number of amides is 1. The Morgan fingerprint density at radius 2 is 1.95 bits per heavy atom. The maximum Gasteiger partial charge on any atom is 0.335 e. The Labute approximate surface area is 135 Å². The van der Waals surface area contributed by atoms with Crippen molar-refractivity contribution in [1.29, 1.82) is 0 Å². The lowest BCUT2D eigenvalue weighted by atomic mass is 10.1. The van der Waals surface area contributed by atoms with Crippen molar-refractivity contribution < 1.29 is 19.1 Å². The highest BCUT2D eigenvalue weighted by Crippen LogP contribution is 2.28. The van der Waals surface area contributed by atoms with Crippen LogP contribution in [0.3, 0.4) is 0 Å². The van der Waals surface area contributed by atoms with Crippen LogP contribution in [0.2, 0.25) is 0 Å². The van der Waals surface area contributed by atoms with Crippen LogP contribution in [0.15, 0.2) is 45.7 Å². The second-order valence-corrected chi connectivity index (χ2v) is 6.16. The van der Waals surface area contributed by atoms with Gasteiger partial charge < -0.3 is 14.8 Å². The van der Waals surface area contributed by atoms with Gasteiger partial charge in [0, 0.05) is 11.6 Å². The lowest BCUT2D eigenvalue weighted by Gasteiger charge is -1.98. The molecule has 1 aliphatic rings. The van der Waals surface area contributed by atoms with Crippen LogP contribution in [0.4, 0.5) is 0 Å². The van der Waals surface area contributed by atoms with Crippen molar-refractivity contribution in [3.8, 4) is 11.3 Å². The molecule has 3 rings (SSSR count). The summed E-state index contributed by atoms with van der Waals surface area (Å²) in [5.74, 6) is -0.0927. The molecule has 0 radical (unpaired) electrons. The van der Waals surface area contributed by atoms with E-state index in [1.54, 1.807) is 30.3 Å². The summed E-state index contributed by atoms with van der Waals surface area (Å²) in [6.45, 7) is 0. The SMILES string of the molecule is O=C1NC(=S)S/C1=C\c1ccc(-c2ccc(C(=O)O)cc2)o1. The number of thiocarbonyl (C=S) groups is 1. The minimum Gasteiger partial charge on any atom is -0.478 e. The van der Waals surface area contributed by atoms with Crippen molar-refractivity contribution in [2.75, 3.05) is 0 Å². The second-order valence-electron chi connectivity index (χ2n) is 4.44. The monoisotopic (exact) mass is 331 g/mol. The van der Waals surface area contributed by atoms with Gasteiger partial charge in [-0.3, -0.25) is 4.79 Å². The summed E-state index contributed by atoms with van der Waals surface area (Å²) in [4.78, 5) is 22.9. The van der Waals surface area contributed by atoms with E-state index in [0.717, 1.165) is 5.56 Å². The number of thioether (sulfide) groups is 1. The van der Waals surface area contributed by atoms with Crippen LogP contribution in [-0.2, 0) is 4.79 Å². The smallest absolute Gasteiger partial charge is 0.335 e. The highest BCUT2D eigenvalue weighted by Gasteiger charge is 2.22. The lowest BCUT2D eigenvalue weighted by Crippen LogP contribution is -2.17. The fourth-order valence-electron chi connectivity index (χ4n) is 1.91. The molecule has 0 atom stereocenters. The number of aromatic carboxylic acids is 1. The third-order valence-electron chi connectivity index (χ3n) is 2.96. The molecule has 2 N–H and O–H groups in total. The van der Waals surface area contributed by atoms with Crippen molar-refractivity contribution in [1.82, 2.24) is 5.32 Å². The van der Waals surface area contributed by atoms with Crippen LogP contribution in [0.5, 0.6) is 0 Å². The molecule has 2 heterocycles. The van der Waals surface area contributed by atoms with Crippen LogP contribution in [0.1, 0.15) is 16.1 Å². The molecule has 1 aromatic heterocycles. The Kier molecular flexibility index (Phi) is 3.82. The van der Waals surface area contributed by atoms with Gasteiger partial charge in [0.15, 0.2) is 0 Å². The predicted octanol–water partition coefficient (Wildman–Crippen LogP) is 3.13. The van der Waals surface area contributed by atoms with Crippen LogP contribution in [-0.4, -0.2) is 21.3 Å². The molecule has 1 amide bonds. The van der Waals surface area contributed by atoms with Crippen LogP contribution in [0.25, 0.3) is 17.4 Å². The van der Waals surface area contributed by atoms with E-state index in [4.69, 9.17) is 21.7 Å². The average molecular weight is 331 g/mol. The molecule has 1 saturated heterocycles. The first-order valence-electron chi connectivity index (χ1n) is 6.21. The molecule has 22 heavy (non-hydrogen) atoms. The maximum absolute atomic E-state index is 11.6. The minimum atomic E-state index is -0.975. The Hall–Kier alpha value is -2.38. The molecular weight excluding hydrogens is 322 g/mol. The summed E-state index contributed by atoms with van der Waals surface area (Å²) >= 11 is 6.10. The zero-order valence-corrected chi connectivity index (χ0v) is 12.7. The number of carboxylic acid groups (broad SMARTS) is 1. The molecule has 7 heteroatoms. The average Bonchev–Trinajstić information content (AvgIpc) is 3.06. The van der Waals surface area contributed by atoms with Gasteiger partial charge in [-0.15, -0.1) is 0 Å². The normalized spacial score (nSPS) is 16.1. The number of carbonyl (C=O) groups is 2. The predicted molar refractivity (Wildman–Crippen MR) is 87.4 cm³/mol. The third kappa shape index (κ3) is 2.95. The van der Waals surface area contributed by atoms with Gasteiger partial charge in [-0.25, -0.2) is 4.79 Å². The highest BCUT2D eigenvalue weighted by atomic mass is 32.2. The van der Waals surface area contributed by atoms with Gasteiger partial charge in [0.1, 0.15) is 15.8 Å². The van der Waals surface area contributed by atoms with E-state index in [-0.39, 0.29) is 11.5 Å². The third-order valence-corrected chi connectivity index (χ3v) is 4.12. The van der Waals surface area contributed by atoms with Gasteiger partial charge >= 0.3 is 5.97 Å². The molecule has 5 nitrogen and oxygen atoms in total. The second kappa shape index (κ2) is 5.78. The zero-order valence-electron chi connectivity index (χ0n) is 11.0. The Morgan fingerprint density at radius 3 is 2.55 bits per heavy atom. The Balaban J connectivity index is 1.85. The van der Waals surface area contributed by atoms with Crippen LogP contribution < -0.4 is 5.32 Å². The van der Waals surface area contributed by atoms with Gasteiger partial charge in [-0.1, -0.05) is 36.1 Å². The van der Waals surface area contributed by atoms with E-state index < -0.39 is 5.97 Å². The number of nitrogens with one attached hydrogen (secondary N) is 1. The van der Waals surface area contributed by atoms with Crippen LogP contribution in [0, 0.1) is 0 Å². The topological polar surface area (TPSA) is 79.5 Å². The number of hydrogen-bond donors (Lipinski definition) is 2. The van der Waals surface area contributed by atoms with Crippen molar-refractivity contribution in [2.45, 2.75) is 0 Å². The van der Waals surface area contributed by atoms with Crippen molar-refractivity contribution in [3.63, 3.8) is 0 Å². The molecule has 1 aliphatic heterocycles. The van der Waals surface area contributed by atoms with Crippen LogP contribution >= 0.6 is 24.0 Å². The van der Waals surface area contributed by atoms with E-state index in [1.165, 1.54) is 23.9 Å². The standard InChI is InChI=1S/C15H9NO4S2/c17-13-12(22-15(21)16-13)7-10-5-6-11(20-10)8-1-3-9(4-2-8)14(18)19/h1-7H,(H,18,19)(H,16,17,21)/b12-7-. The number of carbonyl (C=O) groups excluding carboxylic acids is 1. The molecule has 0 saturated carbocycles. The van der Waals surface area contributed by atoms with Gasteiger partial charge in [0.25, 0.3) is 5.91 Å². The first kappa shape index (κ1) is 14.6. The number of hydrogen-bond acceptors (Lipinski definition) is 5. The molecule has 1 fully saturated rings. The van der Waals surface area contributed by atoms with Crippen molar-refractivity contribution in [3.05, 3.63) is 52.6 Å². The van der Waals surface area contributed by atoms with Gasteiger partial charge in [0.05, 0.1) is 10.5 Å². The van der Waals surface area contributed by atoms with E-state index in [0.29, 0.717) is 20.7 Å². The molecule has 110 valence electrons. The molecular formula is C15H9NO4S2. The number of benzene rings is 1. The summed E-state index contributed by atoms with van der Waals surface area (Å²) in [7, 11) is 0. The molecule has 0 aliphatic carbocycles. The number of rotatable bonds is 3. The molecule has 1 aromatic carbocycles.